The summed E-state index contributed by atoms with van der Waals surface area (Å²) in [5.41, 5.74) is 1.49. The van der Waals surface area contributed by atoms with Gasteiger partial charge >= 0.3 is 0 Å². The first-order valence-corrected chi connectivity index (χ1v) is 9.17. The summed E-state index contributed by atoms with van der Waals surface area (Å²) < 4.78 is 14.9. The lowest BCUT2D eigenvalue weighted by Crippen LogP contribution is -2.14. The number of halogens is 1. The molecule has 8 heteroatoms. The number of nitrogens with zero attached hydrogens (tertiary/aromatic N) is 4. The lowest BCUT2D eigenvalue weighted by Gasteiger charge is -2.09. The van der Waals surface area contributed by atoms with Crippen LogP contribution in [-0.2, 0) is 11.3 Å². The maximum atomic E-state index is 12.9. The molecule has 0 saturated carbocycles. The van der Waals surface area contributed by atoms with Crippen LogP contribution in [0, 0.1) is 5.82 Å². The Kier molecular flexibility index (Phi) is 5.96. The highest BCUT2D eigenvalue weighted by atomic mass is 32.2. The molecule has 2 heterocycles. The summed E-state index contributed by atoms with van der Waals surface area (Å²) in [6.45, 7) is 2.83. The van der Waals surface area contributed by atoms with E-state index >= 15 is 0 Å². The smallest absolute Gasteiger partial charge is 0.234 e. The molecule has 2 aromatic heterocycles. The van der Waals surface area contributed by atoms with Gasteiger partial charge in [0.2, 0.25) is 5.91 Å². The molecule has 0 unspecified atom stereocenters. The summed E-state index contributed by atoms with van der Waals surface area (Å²) in [7, 11) is 0. The fourth-order valence-corrected chi connectivity index (χ4v) is 3.16. The van der Waals surface area contributed by atoms with Crippen LogP contribution in [0.3, 0.4) is 0 Å². The molecule has 1 N–H and O–H groups in total. The number of hydrogen-bond donors (Lipinski definition) is 1. The second kappa shape index (κ2) is 8.57. The molecule has 6 nitrogen and oxygen atoms in total. The fraction of sp³-hybridized carbons (Fsp3) is 0.222. The summed E-state index contributed by atoms with van der Waals surface area (Å²) >= 11 is 1.32. The molecule has 0 radical (unpaired) electrons. The van der Waals surface area contributed by atoms with Gasteiger partial charge in [-0.2, -0.15) is 0 Å². The van der Waals surface area contributed by atoms with E-state index in [9.17, 15) is 9.18 Å². The zero-order valence-electron chi connectivity index (χ0n) is 14.2. The Morgan fingerprint density at radius 3 is 2.58 bits per heavy atom. The molecule has 0 spiro atoms. The van der Waals surface area contributed by atoms with E-state index in [2.05, 4.69) is 27.4 Å². The van der Waals surface area contributed by atoms with E-state index < -0.39 is 0 Å². The van der Waals surface area contributed by atoms with Gasteiger partial charge in [0.15, 0.2) is 11.0 Å². The zero-order valence-corrected chi connectivity index (χ0v) is 15.0. The van der Waals surface area contributed by atoms with Gasteiger partial charge in [0.1, 0.15) is 5.82 Å². The molecule has 3 aromatic rings. The van der Waals surface area contributed by atoms with Gasteiger partial charge in [-0.15, -0.1) is 10.2 Å². The highest BCUT2D eigenvalue weighted by Crippen LogP contribution is 2.24. The van der Waals surface area contributed by atoms with Crippen molar-refractivity contribution >= 4 is 23.4 Å². The molecule has 0 aliphatic heterocycles. The topological polar surface area (TPSA) is 72.7 Å². The van der Waals surface area contributed by atoms with Crippen LogP contribution in [0.25, 0.3) is 11.4 Å². The van der Waals surface area contributed by atoms with Crippen LogP contribution in [0.15, 0.2) is 53.9 Å². The molecule has 0 fully saturated rings. The number of hydrogen-bond acceptors (Lipinski definition) is 5. The van der Waals surface area contributed by atoms with Crippen LogP contribution in [0.4, 0.5) is 10.1 Å². The number of anilines is 1. The number of pyridine rings is 1. The molecule has 0 aliphatic rings. The van der Waals surface area contributed by atoms with Gasteiger partial charge < -0.3 is 9.88 Å². The van der Waals surface area contributed by atoms with Crippen LogP contribution >= 0.6 is 11.8 Å². The molecule has 3 rings (SSSR count). The quantitative estimate of drug-likeness (QED) is 0.642. The van der Waals surface area contributed by atoms with Crippen LogP contribution < -0.4 is 5.32 Å². The largest absolute Gasteiger partial charge is 0.325 e. The van der Waals surface area contributed by atoms with Gasteiger partial charge in [-0.25, -0.2) is 4.39 Å². The third-order valence-electron chi connectivity index (χ3n) is 3.56. The lowest BCUT2D eigenvalue weighted by atomic mass is 10.2. The van der Waals surface area contributed by atoms with E-state index in [1.54, 1.807) is 12.4 Å². The van der Waals surface area contributed by atoms with E-state index in [-0.39, 0.29) is 17.5 Å². The summed E-state index contributed by atoms with van der Waals surface area (Å²) in [6.07, 6.45) is 4.35. The van der Waals surface area contributed by atoms with Crippen molar-refractivity contribution < 1.29 is 9.18 Å². The van der Waals surface area contributed by atoms with Crippen molar-refractivity contribution in [2.45, 2.75) is 25.0 Å². The van der Waals surface area contributed by atoms with E-state index in [4.69, 9.17) is 0 Å². The normalized spacial score (nSPS) is 10.7. The molecule has 134 valence electrons. The van der Waals surface area contributed by atoms with Gasteiger partial charge in [0.25, 0.3) is 0 Å². The average molecular weight is 371 g/mol. The summed E-state index contributed by atoms with van der Waals surface area (Å²) in [4.78, 5) is 16.1. The van der Waals surface area contributed by atoms with Crippen molar-refractivity contribution in [3.63, 3.8) is 0 Å². The predicted molar refractivity (Wildman–Crippen MR) is 99.3 cm³/mol. The van der Waals surface area contributed by atoms with Gasteiger partial charge in [-0.1, -0.05) is 18.7 Å². The monoisotopic (exact) mass is 371 g/mol. The van der Waals surface area contributed by atoms with Crippen LogP contribution in [0.5, 0.6) is 0 Å². The van der Waals surface area contributed by atoms with Gasteiger partial charge in [0, 0.05) is 30.2 Å². The SMILES string of the molecule is CCCn1c(SCC(=O)Nc2ccc(F)cc2)nnc1-c1ccncc1. The minimum atomic E-state index is -0.339. The third kappa shape index (κ3) is 4.45. The minimum Gasteiger partial charge on any atom is -0.325 e. The van der Waals surface area contributed by atoms with Crippen molar-refractivity contribution in [2.24, 2.45) is 0 Å². The first-order chi connectivity index (χ1) is 12.7. The van der Waals surface area contributed by atoms with E-state index in [1.807, 2.05) is 16.7 Å². The van der Waals surface area contributed by atoms with Gasteiger partial charge in [0.05, 0.1) is 5.75 Å². The third-order valence-corrected chi connectivity index (χ3v) is 4.53. The second-order valence-corrected chi connectivity index (χ2v) is 6.48. The number of nitrogens with one attached hydrogen (secondary N) is 1. The van der Waals surface area contributed by atoms with Crippen LogP contribution in [-0.4, -0.2) is 31.4 Å². The molecular weight excluding hydrogens is 353 g/mol. The molecule has 1 amide bonds. The number of thioether (sulfide) groups is 1. The Labute approximate surface area is 154 Å². The minimum absolute atomic E-state index is 0.182. The first-order valence-electron chi connectivity index (χ1n) is 8.19. The van der Waals surface area contributed by atoms with Crippen LogP contribution in [0.1, 0.15) is 13.3 Å². The van der Waals surface area contributed by atoms with E-state index in [0.29, 0.717) is 10.8 Å². The number of benzene rings is 1. The Bertz CT molecular complexity index is 867. The second-order valence-electron chi connectivity index (χ2n) is 5.54. The summed E-state index contributed by atoms with van der Waals surface area (Å²) in [5, 5.41) is 11.9. The maximum Gasteiger partial charge on any atom is 0.234 e. The van der Waals surface area contributed by atoms with E-state index in [0.717, 1.165) is 24.4 Å². The van der Waals surface area contributed by atoms with Crippen molar-refractivity contribution in [1.29, 1.82) is 0 Å². The summed E-state index contributed by atoms with van der Waals surface area (Å²) in [6, 6.07) is 9.43. The highest BCUT2D eigenvalue weighted by Gasteiger charge is 2.15. The predicted octanol–water partition coefficient (Wildman–Crippen LogP) is 3.62. The number of carbonyl (C=O) groups is 1. The van der Waals surface area contributed by atoms with Crippen molar-refractivity contribution in [3.8, 4) is 11.4 Å². The van der Waals surface area contributed by atoms with Gasteiger partial charge in [-0.3, -0.25) is 9.78 Å². The Hall–Kier alpha value is -2.74. The Morgan fingerprint density at radius 1 is 1.15 bits per heavy atom. The van der Waals surface area contributed by atoms with Crippen LogP contribution in [0.2, 0.25) is 0 Å². The number of aromatic nitrogens is 4. The Morgan fingerprint density at radius 2 is 1.88 bits per heavy atom. The first kappa shape index (κ1) is 18.1. The molecule has 0 saturated heterocycles. The average Bonchev–Trinajstić information content (AvgIpc) is 3.06. The molecule has 0 aliphatic carbocycles. The number of rotatable bonds is 7. The molecular formula is C18H18FN5OS. The van der Waals surface area contributed by atoms with Crippen molar-refractivity contribution in [3.05, 3.63) is 54.6 Å². The summed E-state index contributed by atoms with van der Waals surface area (Å²) in [5.74, 6) is 0.428. The molecule has 1 aromatic carbocycles. The van der Waals surface area contributed by atoms with E-state index in [1.165, 1.54) is 36.0 Å². The maximum absolute atomic E-state index is 12.9. The number of carbonyl (C=O) groups excluding carboxylic acids is 1. The highest BCUT2D eigenvalue weighted by molar-refractivity contribution is 7.99. The fourth-order valence-electron chi connectivity index (χ4n) is 2.40. The van der Waals surface area contributed by atoms with Crippen molar-refractivity contribution in [1.82, 2.24) is 19.7 Å². The number of amides is 1. The van der Waals surface area contributed by atoms with Gasteiger partial charge in [-0.05, 0) is 42.8 Å². The standard InChI is InChI=1S/C18H18FN5OS/c1-2-11-24-17(13-7-9-20-10-8-13)22-23-18(24)26-12-16(25)21-15-5-3-14(19)4-6-15/h3-10H,2,11-12H2,1H3,(H,21,25). The lowest BCUT2D eigenvalue weighted by molar-refractivity contribution is -0.113. The molecule has 0 atom stereocenters. The molecule has 26 heavy (non-hydrogen) atoms. The van der Waals surface area contributed by atoms with Crippen molar-refractivity contribution in [2.75, 3.05) is 11.1 Å². The Balaban J connectivity index is 1.68. The zero-order chi connectivity index (χ0) is 18.4. The molecule has 0 bridgehead atoms.